The minimum atomic E-state index is 0.698. The van der Waals surface area contributed by atoms with Crippen molar-refractivity contribution < 1.29 is 13.9 Å². The van der Waals surface area contributed by atoms with Crippen LogP contribution in [0.1, 0.15) is 11.4 Å². The molecule has 0 aliphatic rings. The third-order valence-electron chi connectivity index (χ3n) is 5.70. The largest absolute Gasteiger partial charge is 0.497 e. The van der Waals surface area contributed by atoms with Gasteiger partial charge in [-0.1, -0.05) is 12.1 Å². The Labute approximate surface area is 191 Å². The highest BCUT2D eigenvalue weighted by Gasteiger charge is 2.16. The van der Waals surface area contributed by atoms with Crippen LogP contribution < -0.4 is 14.8 Å². The fraction of sp³-hybridized carbons (Fsp3) is 0.154. The number of rotatable bonds is 6. The standard InChI is InChI=1S/C26H24N4O3/c1-16-25(33-15-27-16)21-11-10-19(14-23(21)32-4)28-22-9-6-12-30-17(2)24(29-26(22)30)18-7-5-8-20(13-18)31-3/h5-15,28H,1-4H3. The van der Waals surface area contributed by atoms with Gasteiger partial charge in [-0.2, -0.15) is 0 Å². The van der Waals surface area contributed by atoms with Gasteiger partial charge in [-0.05, 0) is 50.2 Å². The number of pyridine rings is 1. The first-order chi connectivity index (χ1) is 16.1. The Hall–Kier alpha value is -4.26. The molecule has 0 fully saturated rings. The number of methoxy groups -OCH3 is 2. The van der Waals surface area contributed by atoms with E-state index in [1.807, 2.05) is 67.7 Å². The fourth-order valence-electron chi connectivity index (χ4n) is 4.00. The number of anilines is 2. The number of imidazole rings is 1. The van der Waals surface area contributed by atoms with Crippen molar-refractivity contribution in [2.45, 2.75) is 13.8 Å². The van der Waals surface area contributed by atoms with E-state index in [0.717, 1.165) is 51.0 Å². The molecule has 0 aliphatic heterocycles. The summed E-state index contributed by atoms with van der Waals surface area (Å²) in [5.74, 6) is 2.20. The highest BCUT2D eigenvalue weighted by molar-refractivity contribution is 5.80. The summed E-state index contributed by atoms with van der Waals surface area (Å²) in [6, 6.07) is 17.9. The third kappa shape index (κ3) is 3.67. The van der Waals surface area contributed by atoms with Crippen LogP contribution in [0.5, 0.6) is 11.5 Å². The molecule has 0 saturated carbocycles. The van der Waals surface area contributed by atoms with Crippen molar-refractivity contribution >= 4 is 17.0 Å². The Morgan fingerprint density at radius 3 is 2.61 bits per heavy atom. The predicted molar refractivity (Wildman–Crippen MR) is 128 cm³/mol. The molecule has 2 aromatic carbocycles. The number of nitrogens with zero attached hydrogens (tertiary/aromatic N) is 3. The van der Waals surface area contributed by atoms with E-state index in [9.17, 15) is 0 Å². The SMILES string of the molecule is COc1cccc(-c2nc3c(Nc4ccc(-c5ocnc5C)c(OC)c4)cccn3c2C)c1. The van der Waals surface area contributed by atoms with Crippen LogP contribution in [0.2, 0.25) is 0 Å². The minimum absolute atomic E-state index is 0.698. The number of nitrogens with one attached hydrogen (secondary N) is 1. The monoisotopic (exact) mass is 440 g/mol. The third-order valence-corrected chi connectivity index (χ3v) is 5.70. The van der Waals surface area contributed by atoms with Crippen molar-refractivity contribution in [3.63, 3.8) is 0 Å². The number of aromatic nitrogens is 3. The Morgan fingerprint density at radius 2 is 1.85 bits per heavy atom. The average Bonchev–Trinajstić information content (AvgIpc) is 3.42. The van der Waals surface area contributed by atoms with Crippen molar-refractivity contribution in [3.05, 3.63) is 78.6 Å². The second kappa shape index (κ2) is 8.35. The molecule has 5 aromatic rings. The summed E-state index contributed by atoms with van der Waals surface area (Å²) < 4.78 is 18.7. The van der Waals surface area contributed by atoms with Crippen LogP contribution in [0.3, 0.4) is 0 Å². The molecule has 0 aliphatic carbocycles. The molecule has 7 nitrogen and oxygen atoms in total. The van der Waals surface area contributed by atoms with E-state index >= 15 is 0 Å². The first-order valence-corrected chi connectivity index (χ1v) is 10.6. The summed E-state index contributed by atoms with van der Waals surface area (Å²) in [5, 5.41) is 3.49. The second-order valence-corrected chi connectivity index (χ2v) is 7.70. The number of benzene rings is 2. The van der Waals surface area contributed by atoms with Gasteiger partial charge < -0.3 is 23.6 Å². The van der Waals surface area contributed by atoms with Crippen LogP contribution in [0.25, 0.3) is 28.2 Å². The molecule has 1 N–H and O–H groups in total. The van der Waals surface area contributed by atoms with E-state index in [-0.39, 0.29) is 0 Å². The summed E-state index contributed by atoms with van der Waals surface area (Å²) in [4.78, 5) is 9.14. The van der Waals surface area contributed by atoms with E-state index < -0.39 is 0 Å². The minimum Gasteiger partial charge on any atom is -0.497 e. The van der Waals surface area contributed by atoms with Crippen molar-refractivity contribution in [2.24, 2.45) is 0 Å². The highest BCUT2D eigenvalue weighted by Crippen LogP contribution is 2.36. The zero-order chi connectivity index (χ0) is 22.9. The van der Waals surface area contributed by atoms with Gasteiger partial charge in [0.15, 0.2) is 17.8 Å². The van der Waals surface area contributed by atoms with Crippen molar-refractivity contribution in [2.75, 3.05) is 19.5 Å². The van der Waals surface area contributed by atoms with Gasteiger partial charge in [0.05, 0.1) is 36.9 Å². The molecule has 0 radical (unpaired) electrons. The number of fused-ring (bicyclic) bond motifs is 1. The lowest BCUT2D eigenvalue weighted by molar-refractivity contribution is 0.414. The molecule has 0 unspecified atom stereocenters. The molecule has 0 saturated heterocycles. The Bertz CT molecular complexity index is 1450. The average molecular weight is 441 g/mol. The molecule has 33 heavy (non-hydrogen) atoms. The Kier molecular flexibility index (Phi) is 5.22. The Balaban J connectivity index is 1.54. The van der Waals surface area contributed by atoms with Crippen molar-refractivity contribution in [1.29, 1.82) is 0 Å². The van der Waals surface area contributed by atoms with E-state index in [0.29, 0.717) is 11.5 Å². The molecule has 0 spiro atoms. The summed E-state index contributed by atoms with van der Waals surface area (Å²) >= 11 is 0. The van der Waals surface area contributed by atoms with E-state index in [1.54, 1.807) is 14.2 Å². The topological polar surface area (TPSA) is 73.8 Å². The summed E-state index contributed by atoms with van der Waals surface area (Å²) in [6.45, 7) is 3.97. The molecule has 5 rings (SSSR count). The molecule has 3 heterocycles. The maximum absolute atomic E-state index is 5.63. The fourth-order valence-corrected chi connectivity index (χ4v) is 4.00. The van der Waals surface area contributed by atoms with Gasteiger partial charge in [0.2, 0.25) is 0 Å². The van der Waals surface area contributed by atoms with Crippen LogP contribution in [0, 0.1) is 13.8 Å². The lowest BCUT2D eigenvalue weighted by atomic mass is 10.1. The normalized spacial score (nSPS) is 11.0. The summed E-state index contributed by atoms with van der Waals surface area (Å²) in [5.41, 5.74) is 7.25. The van der Waals surface area contributed by atoms with Gasteiger partial charge in [-0.15, -0.1) is 0 Å². The number of oxazole rings is 1. The number of ether oxygens (including phenoxy) is 2. The van der Waals surface area contributed by atoms with Crippen LogP contribution in [-0.4, -0.2) is 28.6 Å². The van der Waals surface area contributed by atoms with E-state index in [1.165, 1.54) is 6.39 Å². The molecular formula is C26H24N4O3. The van der Waals surface area contributed by atoms with E-state index in [2.05, 4.69) is 21.6 Å². The van der Waals surface area contributed by atoms with Gasteiger partial charge >= 0.3 is 0 Å². The van der Waals surface area contributed by atoms with Gasteiger partial charge in [0.25, 0.3) is 0 Å². The zero-order valence-electron chi connectivity index (χ0n) is 18.9. The molecule has 7 heteroatoms. The maximum atomic E-state index is 5.63. The lowest BCUT2D eigenvalue weighted by Gasteiger charge is -2.12. The number of hydrogen-bond donors (Lipinski definition) is 1. The molecule has 3 aromatic heterocycles. The zero-order valence-corrected chi connectivity index (χ0v) is 18.9. The molecule has 0 atom stereocenters. The van der Waals surface area contributed by atoms with Crippen molar-refractivity contribution in [3.8, 4) is 34.1 Å². The second-order valence-electron chi connectivity index (χ2n) is 7.70. The quantitative estimate of drug-likeness (QED) is 0.347. The highest BCUT2D eigenvalue weighted by atomic mass is 16.5. The maximum Gasteiger partial charge on any atom is 0.181 e. The van der Waals surface area contributed by atoms with Crippen LogP contribution >= 0.6 is 0 Å². The number of hydrogen-bond acceptors (Lipinski definition) is 6. The number of aryl methyl sites for hydroxylation is 2. The van der Waals surface area contributed by atoms with Crippen LogP contribution in [-0.2, 0) is 0 Å². The molecule has 0 bridgehead atoms. The predicted octanol–water partition coefficient (Wildman–Crippen LogP) is 6.03. The van der Waals surface area contributed by atoms with Crippen LogP contribution in [0.4, 0.5) is 11.4 Å². The van der Waals surface area contributed by atoms with Gasteiger partial charge in [0.1, 0.15) is 11.5 Å². The lowest BCUT2D eigenvalue weighted by Crippen LogP contribution is -1.97. The summed E-state index contributed by atoms with van der Waals surface area (Å²) in [7, 11) is 3.31. The Morgan fingerprint density at radius 1 is 0.970 bits per heavy atom. The first kappa shape index (κ1) is 20.6. The van der Waals surface area contributed by atoms with Crippen molar-refractivity contribution in [1.82, 2.24) is 14.4 Å². The first-order valence-electron chi connectivity index (χ1n) is 10.6. The van der Waals surface area contributed by atoms with Gasteiger partial charge in [-0.25, -0.2) is 9.97 Å². The van der Waals surface area contributed by atoms with Gasteiger partial charge in [0, 0.05) is 29.2 Å². The molecule has 0 amide bonds. The molecular weight excluding hydrogens is 416 g/mol. The van der Waals surface area contributed by atoms with E-state index in [4.69, 9.17) is 18.9 Å². The molecule has 166 valence electrons. The van der Waals surface area contributed by atoms with Gasteiger partial charge in [-0.3, -0.25) is 0 Å². The summed E-state index contributed by atoms with van der Waals surface area (Å²) in [6.07, 6.45) is 3.46. The smallest absolute Gasteiger partial charge is 0.181 e. The van der Waals surface area contributed by atoms with Crippen LogP contribution in [0.15, 0.2) is 71.6 Å².